The van der Waals surface area contributed by atoms with E-state index in [-0.39, 0.29) is 5.92 Å². The van der Waals surface area contributed by atoms with Crippen molar-refractivity contribution in [3.63, 3.8) is 0 Å². The van der Waals surface area contributed by atoms with E-state index >= 15 is 0 Å². The molecule has 0 saturated heterocycles. The number of unbranched alkanes of at least 4 members (excludes halogenated alkanes) is 1. The van der Waals surface area contributed by atoms with Gasteiger partial charge in [-0.25, -0.2) is 9.59 Å². The molecule has 0 unspecified atom stereocenters. The minimum absolute atomic E-state index is 0.211. The summed E-state index contributed by atoms with van der Waals surface area (Å²) in [6.07, 6.45) is 2.47. The first-order chi connectivity index (χ1) is 14.2. The maximum Gasteiger partial charge on any atom is 0.336 e. The van der Waals surface area contributed by atoms with E-state index in [9.17, 15) is 19.5 Å². The number of carboxylic acid groups (broad SMARTS) is 1. The average Bonchev–Trinajstić information content (AvgIpc) is 2.71. The first-order valence-electron chi connectivity index (χ1n) is 10.5. The monoisotopic (exact) mass is 417 g/mol. The molecule has 164 valence electrons. The van der Waals surface area contributed by atoms with Crippen molar-refractivity contribution < 1.29 is 23.8 Å². The van der Waals surface area contributed by atoms with Gasteiger partial charge in [0.1, 0.15) is 17.4 Å². The first-order valence-corrected chi connectivity index (χ1v) is 10.5. The van der Waals surface area contributed by atoms with E-state index in [4.69, 9.17) is 9.15 Å². The number of fused-ring (bicyclic) bond motifs is 1. The number of amides is 1. The van der Waals surface area contributed by atoms with Crippen molar-refractivity contribution in [1.82, 2.24) is 5.32 Å². The quantitative estimate of drug-likeness (QED) is 0.569. The Hall–Kier alpha value is -2.83. The van der Waals surface area contributed by atoms with Crippen LogP contribution in [-0.2, 0) is 16.0 Å². The Kier molecular flexibility index (Phi) is 8.03. The molecule has 1 aromatic heterocycles. The molecule has 0 spiro atoms. The minimum atomic E-state index is -1.08. The van der Waals surface area contributed by atoms with Crippen molar-refractivity contribution in [2.75, 3.05) is 0 Å². The second-order valence-corrected chi connectivity index (χ2v) is 7.73. The highest BCUT2D eigenvalue weighted by Gasteiger charge is 2.28. The van der Waals surface area contributed by atoms with Gasteiger partial charge in [-0.1, -0.05) is 33.6 Å². The molecule has 1 amide bonds. The molecule has 3 atom stereocenters. The zero-order chi connectivity index (χ0) is 22.4. The topological polar surface area (TPSA) is 106 Å². The number of rotatable bonds is 10. The van der Waals surface area contributed by atoms with E-state index in [0.717, 1.165) is 30.2 Å². The van der Waals surface area contributed by atoms with Gasteiger partial charge in [-0.15, -0.1) is 0 Å². The van der Waals surface area contributed by atoms with E-state index in [1.54, 1.807) is 26.8 Å². The average molecular weight is 418 g/mol. The number of carbonyl (C=O) groups is 2. The van der Waals surface area contributed by atoms with Crippen molar-refractivity contribution >= 4 is 22.8 Å². The van der Waals surface area contributed by atoms with Gasteiger partial charge in [0.05, 0.1) is 0 Å². The molecule has 2 N–H and O–H groups in total. The third-order valence-corrected chi connectivity index (χ3v) is 5.45. The molecule has 2 aromatic rings. The Balaban J connectivity index is 2.26. The predicted octanol–water partition coefficient (Wildman–Crippen LogP) is 3.83. The summed E-state index contributed by atoms with van der Waals surface area (Å²) in [6.45, 7) is 9.06. The van der Waals surface area contributed by atoms with Gasteiger partial charge in [0.25, 0.3) is 5.91 Å². The van der Waals surface area contributed by atoms with Crippen molar-refractivity contribution in [1.29, 1.82) is 0 Å². The summed E-state index contributed by atoms with van der Waals surface area (Å²) in [5.41, 5.74) is 1.58. The number of hydrogen-bond acceptors (Lipinski definition) is 5. The number of aryl methyl sites for hydroxylation is 2. The highest BCUT2D eigenvalue weighted by Crippen LogP contribution is 2.29. The largest absolute Gasteiger partial charge is 0.480 e. The third kappa shape index (κ3) is 5.40. The lowest BCUT2D eigenvalue weighted by molar-refractivity contribution is -0.144. The zero-order valence-electron chi connectivity index (χ0n) is 18.3. The van der Waals surface area contributed by atoms with Crippen molar-refractivity contribution in [3.8, 4) is 5.75 Å². The lowest BCUT2D eigenvalue weighted by atomic mass is 9.99. The van der Waals surface area contributed by atoms with Gasteiger partial charge >= 0.3 is 11.6 Å². The highest BCUT2D eigenvalue weighted by molar-refractivity contribution is 5.87. The lowest BCUT2D eigenvalue weighted by Crippen LogP contribution is -2.49. The van der Waals surface area contributed by atoms with Crippen molar-refractivity contribution in [2.45, 2.75) is 72.4 Å². The maximum atomic E-state index is 12.5. The minimum Gasteiger partial charge on any atom is -0.480 e. The summed E-state index contributed by atoms with van der Waals surface area (Å²) in [5.74, 6) is -1.39. The van der Waals surface area contributed by atoms with Crippen LogP contribution >= 0.6 is 0 Å². The van der Waals surface area contributed by atoms with Crippen molar-refractivity contribution in [3.05, 3.63) is 39.7 Å². The second kappa shape index (κ2) is 10.3. The van der Waals surface area contributed by atoms with Crippen LogP contribution in [0.15, 0.2) is 27.4 Å². The van der Waals surface area contributed by atoms with Gasteiger partial charge in [0, 0.05) is 17.0 Å². The summed E-state index contributed by atoms with van der Waals surface area (Å²) < 4.78 is 11.2. The molecular formula is C23H31NO6. The Morgan fingerprint density at radius 2 is 1.93 bits per heavy atom. The molecule has 1 heterocycles. The van der Waals surface area contributed by atoms with Gasteiger partial charge in [-0.2, -0.15) is 0 Å². The van der Waals surface area contributed by atoms with E-state index in [1.807, 2.05) is 13.0 Å². The fraction of sp³-hybridized carbons (Fsp3) is 0.522. The molecular weight excluding hydrogens is 386 g/mol. The number of aliphatic carboxylic acids is 1. The SMILES string of the molecule is CCCCc1cc(=O)oc2c(C)c(O[C@H](C)C(=O)N[C@H](C(=O)O)[C@@H](C)CC)ccc12. The summed E-state index contributed by atoms with van der Waals surface area (Å²) in [6, 6.07) is 4.12. The third-order valence-electron chi connectivity index (χ3n) is 5.45. The smallest absolute Gasteiger partial charge is 0.336 e. The molecule has 0 aliphatic rings. The number of carbonyl (C=O) groups excluding carboxylic acids is 1. The first kappa shape index (κ1) is 23.4. The number of benzene rings is 1. The van der Waals surface area contributed by atoms with Crippen LogP contribution in [0.5, 0.6) is 5.75 Å². The van der Waals surface area contributed by atoms with Crippen LogP contribution in [-0.4, -0.2) is 29.1 Å². The van der Waals surface area contributed by atoms with Gasteiger partial charge in [-0.3, -0.25) is 4.79 Å². The van der Waals surface area contributed by atoms with Gasteiger partial charge in [-0.05, 0) is 50.3 Å². The molecule has 0 saturated carbocycles. The molecule has 2 rings (SSSR count). The van der Waals surface area contributed by atoms with E-state index in [2.05, 4.69) is 12.2 Å². The maximum absolute atomic E-state index is 12.5. The summed E-state index contributed by atoms with van der Waals surface area (Å²) in [7, 11) is 0. The van der Waals surface area contributed by atoms with Crippen LogP contribution in [0.1, 0.15) is 58.1 Å². The molecule has 30 heavy (non-hydrogen) atoms. The van der Waals surface area contributed by atoms with Crippen LogP contribution in [0.2, 0.25) is 0 Å². The zero-order valence-corrected chi connectivity index (χ0v) is 18.3. The van der Waals surface area contributed by atoms with Crippen LogP contribution in [0.3, 0.4) is 0 Å². The molecule has 0 bridgehead atoms. The fourth-order valence-corrected chi connectivity index (χ4v) is 3.31. The van der Waals surface area contributed by atoms with Crippen molar-refractivity contribution in [2.24, 2.45) is 5.92 Å². The Bertz CT molecular complexity index is 964. The molecule has 0 radical (unpaired) electrons. The summed E-state index contributed by atoms with van der Waals surface area (Å²) in [5, 5.41) is 12.8. The standard InChI is InChI=1S/C23H31NO6/c1-6-8-9-16-12-19(25)30-21-14(4)18(11-10-17(16)21)29-15(5)22(26)24-20(23(27)28)13(3)7-2/h10-13,15,20H,6-9H2,1-5H3,(H,24,26)(H,27,28)/t13-,15+,20-/m0/s1. The fourth-order valence-electron chi connectivity index (χ4n) is 3.31. The summed E-state index contributed by atoms with van der Waals surface area (Å²) >= 11 is 0. The number of ether oxygens (including phenoxy) is 1. The molecule has 7 heteroatoms. The van der Waals surface area contributed by atoms with Crippen LogP contribution in [0.4, 0.5) is 0 Å². The molecule has 0 aliphatic heterocycles. The van der Waals surface area contributed by atoms with Crippen LogP contribution in [0, 0.1) is 12.8 Å². The van der Waals surface area contributed by atoms with Crippen LogP contribution in [0.25, 0.3) is 11.0 Å². The Labute approximate surface area is 176 Å². The summed E-state index contributed by atoms with van der Waals surface area (Å²) in [4.78, 5) is 36.0. The van der Waals surface area contributed by atoms with E-state index < -0.39 is 29.6 Å². The predicted molar refractivity (Wildman–Crippen MR) is 115 cm³/mol. The number of nitrogens with one attached hydrogen (secondary N) is 1. The lowest BCUT2D eigenvalue weighted by Gasteiger charge is -2.23. The normalized spacial score (nSPS) is 14.2. The van der Waals surface area contributed by atoms with Gasteiger partial charge < -0.3 is 19.6 Å². The molecule has 1 aromatic carbocycles. The Morgan fingerprint density at radius 3 is 2.53 bits per heavy atom. The van der Waals surface area contributed by atoms with Gasteiger partial charge in [0.15, 0.2) is 6.10 Å². The molecule has 0 aliphatic carbocycles. The highest BCUT2D eigenvalue weighted by atomic mass is 16.5. The molecule has 7 nitrogen and oxygen atoms in total. The number of carboxylic acids is 1. The van der Waals surface area contributed by atoms with E-state index in [1.165, 1.54) is 6.07 Å². The second-order valence-electron chi connectivity index (χ2n) is 7.73. The molecule has 0 fully saturated rings. The number of hydrogen-bond donors (Lipinski definition) is 2. The Morgan fingerprint density at radius 1 is 1.23 bits per heavy atom. The van der Waals surface area contributed by atoms with Crippen LogP contribution < -0.4 is 15.7 Å². The van der Waals surface area contributed by atoms with E-state index in [0.29, 0.717) is 23.3 Å². The van der Waals surface area contributed by atoms with Gasteiger partial charge in [0.2, 0.25) is 0 Å².